The first-order valence-electron chi connectivity index (χ1n) is 9.19. The van der Waals surface area contributed by atoms with Crippen LogP contribution in [-0.4, -0.2) is 23.2 Å². The molecule has 2 aromatic rings. The van der Waals surface area contributed by atoms with E-state index in [4.69, 9.17) is 4.42 Å². The molecule has 2 N–H and O–H groups in total. The molecule has 0 saturated heterocycles. The average molecular weight is 355 g/mol. The Labute approximate surface area is 153 Å². The van der Waals surface area contributed by atoms with Crippen LogP contribution in [0.15, 0.2) is 45.6 Å². The fraction of sp³-hybridized carbons (Fsp3) is 0.429. The summed E-state index contributed by atoms with van der Waals surface area (Å²) in [5, 5.41) is 12.5. The average Bonchev–Trinajstić information content (AvgIpc) is 2.62. The van der Waals surface area contributed by atoms with E-state index in [0.29, 0.717) is 30.6 Å². The van der Waals surface area contributed by atoms with Crippen LogP contribution in [-0.2, 0) is 12.8 Å². The molecule has 0 bridgehead atoms. The predicted molar refractivity (Wildman–Crippen MR) is 99.3 cm³/mol. The first-order valence-corrected chi connectivity index (χ1v) is 9.19. The van der Waals surface area contributed by atoms with Gasteiger partial charge in [0.15, 0.2) is 0 Å². The van der Waals surface area contributed by atoms with E-state index in [1.54, 1.807) is 13.0 Å². The molecule has 1 aromatic carbocycles. The lowest BCUT2D eigenvalue weighted by Crippen LogP contribution is -2.40. The van der Waals surface area contributed by atoms with Crippen molar-refractivity contribution in [2.45, 2.75) is 57.6 Å². The van der Waals surface area contributed by atoms with Crippen LogP contribution in [0, 0.1) is 6.92 Å². The van der Waals surface area contributed by atoms with Gasteiger partial charge in [0.1, 0.15) is 11.3 Å². The molecule has 0 radical (unpaired) electrons. The largest absolute Gasteiger partial charge is 0.427 e. The number of hydrogen-bond donors (Lipinski definition) is 2. The molecule has 1 heterocycles. The van der Waals surface area contributed by atoms with Gasteiger partial charge in [-0.3, -0.25) is 4.79 Å². The quantitative estimate of drug-likeness (QED) is 0.864. The van der Waals surface area contributed by atoms with Crippen molar-refractivity contribution in [1.29, 1.82) is 0 Å². The van der Waals surface area contributed by atoms with Crippen molar-refractivity contribution in [1.82, 2.24) is 5.32 Å². The lowest BCUT2D eigenvalue weighted by molar-refractivity contribution is 0.0863. The van der Waals surface area contributed by atoms with E-state index >= 15 is 0 Å². The van der Waals surface area contributed by atoms with Crippen LogP contribution in [0.4, 0.5) is 0 Å². The van der Waals surface area contributed by atoms with Gasteiger partial charge in [0.25, 0.3) is 5.91 Å². The summed E-state index contributed by atoms with van der Waals surface area (Å²) in [6.07, 6.45) is 3.92. The summed E-state index contributed by atoms with van der Waals surface area (Å²) >= 11 is 0. The summed E-state index contributed by atoms with van der Waals surface area (Å²) in [6, 6.07) is 11.8. The number of benzene rings is 1. The fourth-order valence-electron chi connectivity index (χ4n) is 3.46. The minimum atomic E-state index is -0.582. The Morgan fingerprint density at radius 1 is 1.15 bits per heavy atom. The third-order valence-electron chi connectivity index (χ3n) is 4.96. The van der Waals surface area contributed by atoms with Crippen LogP contribution in [0.5, 0.6) is 0 Å². The van der Waals surface area contributed by atoms with Gasteiger partial charge in [-0.2, -0.15) is 0 Å². The normalized spacial score (nSPS) is 19.9. The number of aliphatic hydroxyl groups is 1. The molecular weight excluding hydrogens is 330 g/mol. The Bertz CT molecular complexity index is 805. The Balaban J connectivity index is 1.66. The van der Waals surface area contributed by atoms with Crippen LogP contribution in [0.2, 0.25) is 0 Å². The van der Waals surface area contributed by atoms with Crippen molar-refractivity contribution in [2.24, 2.45) is 0 Å². The number of aryl methyl sites for hydroxylation is 3. The molecule has 1 saturated carbocycles. The Kier molecular flexibility index (Phi) is 5.89. The molecule has 0 aliphatic heterocycles. The van der Waals surface area contributed by atoms with E-state index in [-0.39, 0.29) is 23.6 Å². The van der Waals surface area contributed by atoms with E-state index < -0.39 is 5.63 Å². The van der Waals surface area contributed by atoms with Gasteiger partial charge in [-0.25, -0.2) is 4.79 Å². The molecule has 138 valence electrons. The maximum atomic E-state index is 12.5. The molecule has 1 aliphatic carbocycles. The second-order valence-corrected chi connectivity index (χ2v) is 7.02. The van der Waals surface area contributed by atoms with E-state index in [9.17, 15) is 14.7 Å². The van der Waals surface area contributed by atoms with Crippen LogP contribution in [0.25, 0.3) is 0 Å². The number of carbonyl (C=O) groups excluding carboxylic acids is 1. The molecule has 1 aromatic heterocycles. The van der Waals surface area contributed by atoms with E-state index in [2.05, 4.69) is 5.32 Å². The monoisotopic (exact) mass is 355 g/mol. The zero-order chi connectivity index (χ0) is 18.5. The van der Waals surface area contributed by atoms with Crippen molar-refractivity contribution in [3.05, 3.63) is 69.3 Å². The third kappa shape index (κ3) is 4.61. The van der Waals surface area contributed by atoms with Gasteiger partial charge in [-0.05, 0) is 56.2 Å². The molecule has 1 amide bonds. The lowest BCUT2D eigenvalue weighted by atomic mass is 9.93. The topological polar surface area (TPSA) is 79.5 Å². The molecular formula is C21H25NO4. The maximum absolute atomic E-state index is 12.5. The summed E-state index contributed by atoms with van der Waals surface area (Å²) < 4.78 is 5.38. The van der Waals surface area contributed by atoms with Crippen LogP contribution in [0.1, 0.15) is 52.9 Å². The molecule has 1 aliphatic rings. The highest BCUT2D eigenvalue weighted by Gasteiger charge is 2.24. The number of rotatable bonds is 5. The summed E-state index contributed by atoms with van der Waals surface area (Å²) in [7, 11) is 0. The predicted octanol–water partition coefficient (Wildman–Crippen LogP) is 2.77. The SMILES string of the molecule is Cc1cc(CCc2ccccc2)oc(=O)c1C(=O)NC1CCC(O)CC1. The van der Waals surface area contributed by atoms with E-state index in [1.165, 1.54) is 5.56 Å². The van der Waals surface area contributed by atoms with Crippen molar-refractivity contribution >= 4 is 5.91 Å². The van der Waals surface area contributed by atoms with E-state index in [1.807, 2.05) is 30.3 Å². The van der Waals surface area contributed by atoms with Crippen molar-refractivity contribution in [3.63, 3.8) is 0 Å². The highest BCUT2D eigenvalue weighted by molar-refractivity contribution is 5.95. The number of nitrogens with one attached hydrogen (secondary N) is 1. The van der Waals surface area contributed by atoms with Crippen molar-refractivity contribution in [3.8, 4) is 0 Å². The number of carbonyl (C=O) groups is 1. The van der Waals surface area contributed by atoms with Gasteiger partial charge in [0.05, 0.1) is 6.10 Å². The first-order chi connectivity index (χ1) is 12.5. The second-order valence-electron chi connectivity index (χ2n) is 7.02. The minimum Gasteiger partial charge on any atom is -0.427 e. The van der Waals surface area contributed by atoms with Gasteiger partial charge in [0.2, 0.25) is 0 Å². The Morgan fingerprint density at radius 3 is 2.50 bits per heavy atom. The number of amides is 1. The number of aliphatic hydroxyl groups excluding tert-OH is 1. The van der Waals surface area contributed by atoms with Gasteiger partial charge < -0.3 is 14.8 Å². The molecule has 1 fully saturated rings. The van der Waals surface area contributed by atoms with Gasteiger partial charge in [0, 0.05) is 12.5 Å². The van der Waals surface area contributed by atoms with Crippen molar-refractivity contribution < 1.29 is 14.3 Å². The van der Waals surface area contributed by atoms with Crippen molar-refractivity contribution in [2.75, 3.05) is 0 Å². The van der Waals surface area contributed by atoms with Gasteiger partial charge >= 0.3 is 5.63 Å². The van der Waals surface area contributed by atoms with Gasteiger partial charge in [-0.1, -0.05) is 30.3 Å². The first kappa shape index (κ1) is 18.4. The molecule has 5 heteroatoms. The highest BCUT2D eigenvalue weighted by Crippen LogP contribution is 2.19. The molecule has 0 unspecified atom stereocenters. The van der Waals surface area contributed by atoms with Crippen LogP contribution >= 0.6 is 0 Å². The molecule has 5 nitrogen and oxygen atoms in total. The molecule has 3 rings (SSSR count). The van der Waals surface area contributed by atoms with Crippen LogP contribution in [0.3, 0.4) is 0 Å². The lowest BCUT2D eigenvalue weighted by Gasteiger charge is -2.26. The second kappa shape index (κ2) is 8.32. The van der Waals surface area contributed by atoms with Crippen LogP contribution < -0.4 is 10.9 Å². The smallest absolute Gasteiger partial charge is 0.349 e. The van der Waals surface area contributed by atoms with E-state index in [0.717, 1.165) is 19.3 Å². The fourth-order valence-corrected chi connectivity index (χ4v) is 3.46. The summed E-state index contributed by atoms with van der Waals surface area (Å²) in [5.74, 6) is 0.209. The molecule has 26 heavy (non-hydrogen) atoms. The number of hydrogen-bond acceptors (Lipinski definition) is 4. The third-order valence-corrected chi connectivity index (χ3v) is 4.96. The Hall–Kier alpha value is -2.40. The highest BCUT2D eigenvalue weighted by atomic mass is 16.4. The summed E-state index contributed by atoms with van der Waals surface area (Å²) in [5.41, 5.74) is 1.31. The zero-order valence-corrected chi connectivity index (χ0v) is 15.0. The maximum Gasteiger partial charge on any atom is 0.349 e. The minimum absolute atomic E-state index is 0.00228. The Morgan fingerprint density at radius 2 is 1.85 bits per heavy atom. The van der Waals surface area contributed by atoms with Gasteiger partial charge in [-0.15, -0.1) is 0 Å². The molecule has 0 atom stereocenters. The zero-order valence-electron chi connectivity index (χ0n) is 15.0. The molecule has 0 spiro atoms. The summed E-state index contributed by atoms with van der Waals surface area (Å²) in [6.45, 7) is 1.77. The standard InChI is InChI=1S/C21H25NO4/c1-14-13-18(12-7-15-5-3-2-4-6-15)26-21(25)19(14)20(24)22-16-8-10-17(23)11-9-16/h2-6,13,16-17,23H,7-12H2,1H3,(H,22,24). The summed E-state index contributed by atoms with van der Waals surface area (Å²) in [4.78, 5) is 24.8.